The minimum atomic E-state index is 0. The van der Waals surface area contributed by atoms with Gasteiger partial charge in [-0.1, -0.05) is 36.4 Å². The van der Waals surface area contributed by atoms with E-state index >= 15 is 0 Å². The van der Waals surface area contributed by atoms with Gasteiger partial charge in [0.05, 0.1) is 0 Å². The summed E-state index contributed by atoms with van der Waals surface area (Å²) in [6, 6.07) is 20.2. The predicted molar refractivity (Wildman–Crippen MR) is 90.0 cm³/mol. The number of hydrogen-bond acceptors (Lipinski definition) is 1. The summed E-state index contributed by atoms with van der Waals surface area (Å²) in [7, 11) is 0. The Morgan fingerprint density at radius 1 is 1.05 bits per heavy atom. The summed E-state index contributed by atoms with van der Waals surface area (Å²) in [6.45, 7) is 0.953. The van der Waals surface area contributed by atoms with Crippen LogP contribution in [0.4, 0.5) is 0 Å². The number of fused-ring (bicyclic) bond motifs is 1. The normalized spacial score (nSPS) is 20.2. The maximum absolute atomic E-state index is 3.67. The first kappa shape index (κ1) is 14.2. The van der Waals surface area contributed by atoms with Crippen LogP contribution in [0.25, 0.3) is 10.9 Å². The molecule has 1 fully saturated rings. The molecule has 1 heterocycles. The maximum atomic E-state index is 3.67. The van der Waals surface area contributed by atoms with Gasteiger partial charge in [-0.15, -0.1) is 12.4 Å². The zero-order chi connectivity index (χ0) is 13.4. The van der Waals surface area contributed by atoms with Gasteiger partial charge in [0.25, 0.3) is 0 Å². The fourth-order valence-corrected chi connectivity index (χ4v) is 2.95. The van der Waals surface area contributed by atoms with Crippen LogP contribution < -0.4 is 5.32 Å². The van der Waals surface area contributed by atoms with Crippen molar-refractivity contribution in [2.75, 3.05) is 0 Å². The third kappa shape index (κ3) is 2.97. The molecule has 0 bridgehead atoms. The molecule has 0 spiro atoms. The average molecular weight is 299 g/mol. The molecule has 108 valence electrons. The van der Waals surface area contributed by atoms with Gasteiger partial charge in [-0.05, 0) is 41.1 Å². The van der Waals surface area contributed by atoms with Gasteiger partial charge < -0.3 is 10.3 Å². The molecule has 2 nitrogen and oxygen atoms in total. The topological polar surface area (TPSA) is 27.8 Å². The number of nitrogens with one attached hydrogen (secondary N) is 2. The van der Waals surface area contributed by atoms with Gasteiger partial charge in [0.15, 0.2) is 0 Å². The molecule has 2 aromatic carbocycles. The molecule has 2 N–H and O–H groups in total. The second-order valence-electron chi connectivity index (χ2n) is 5.64. The highest BCUT2D eigenvalue weighted by Crippen LogP contribution is 2.40. The fourth-order valence-electron chi connectivity index (χ4n) is 2.95. The Kier molecular flexibility index (Phi) is 4.00. The summed E-state index contributed by atoms with van der Waals surface area (Å²) in [5.74, 6) is 0.701. The lowest BCUT2D eigenvalue weighted by Crippen LogP contribution is -2.17. The Hall–Kier alpha value is -1.77. The van der Waals surface area contributed by atoms with Crippen LogP contribution in [-0.2, 0) is 6.54 Å². The number of aromatic amines is 1. The van der Waals surface area contributed by atoms with Crippen LogP contribution in [-0.4, -0.2) is 11.0 Å². The van der Waals surface area contributed by atoms with Gasteiger partial charge in [-0.2, -0.15) is 0 Å². The van der Waals surface area contributed by atoms with Crippen LogP contribution in [0.1, 0.15) is 23.5 Å². The zero-order valence-electron chi connectivity index (χ0n) is 11.8. The molecular weight excluding hydrogens is 280 g/mol. The van der Waals surface area contributed by atoms with Gasteiger partial charge in [-0.3, -0.25) is 0 Å². The molecule has 0 radical (unpaired) electrons. The van der Waals surface area contributed by atoms with Crippen LogP contribution in [0.2, 0.25) is 0 Å². The molecule has 1 saturated carbocycles. The summed E-state index contributed by atoms with van der Waals surface area (Å²) in [6.07, 6.45) is 3.25. The monoisotopic (exact) mass is 298 g/mol. The van der Waals surface area contributed by atoms with E-state index in [0.717, 1.165) is 6.54 Å². The zero-order valence-corrected chi connectivity index (χ0v) is 12.6. The number of halogens is 1. The summed E-state index contributed by atoms with van der Waals surface area (Å²) in [5, 5.41) is 4.96. The standard InChI is InChI=1S/C18H18N2.ClH/c1-2-4-14(5-3-1)16-11-18(16)20-12-13-6-7-17-15(10-13)8-9-19-17;/h1-10,16,18-20H,11-12H2;1H. The number of benzene rings is 2. The lowest BCUT2D eigenvalue weighted by molar-refractivity contribution is 0.673. The second-order valence-corrected chi connectivity index (χ2v) is 5.64. The first-order chi connectivity index (χ1) is 9.90. The molecule has 3 heteroatoms. The molecule has 21 heavy (non-hydrogen) atoms. The highest BCUT2D eigenvalue weighted by Gasteiger charge is 2.37. The minimum absolute atomic E-state index is 0. The first-order valence-electron chi connectivity index (χ1n) is 7.24. The molecule has 0 saturated heterocycles. The van der Waals surface area contributed by atoms with Crippen molar-refractivity contribution in [1.29, 1.82) is 0 Å². The fraction of sp³-hybridized carbons (Fsp3) is 0.222. The minimum Gasteiger partial charge on any atom is -0.361 e. The summed E-state index contributed by atoms with van der Waals surface area (Å²) in [4.78, 5) is 3.23. The van der Waals surface area contributed by atoms with Crippen molar-refractivity contribution < 1.29 is 0 Å². The summed E-state index contributed by atoms with van der Waals surface area (Å²) in [5.41, 5.74) is 4.03. The highest BCUT2D eigenvalue weighted by molar-refractivity contribution is 5.85. The Labute approximate surface area is 131 Å². The van der Waals surface area contributed by atoms with Crippen LogP contribution in [0.3, 0.4) is 0 Å². The molecular formula is C18H19ClN2. The molecule has 3 aromatic rings. The third-order valence-corrected chi connectivity index (χ3v) is 4.20. The molecule has 4 rings (SSSR count). The van der Waals surface area contributed by atoms with E-state index in [9.17, 15) is 0 Å². The average Bonchev–Trinajstić information content (AvgIpc) is 3.13. The Bertz CT molecular complexity index is 720. The third-order valence-electron chi connectivity index (χ3n) is 4.20. The lowest BCUT2D eigenvalue weighted by Gasteiger charge is -2.05. The van der Waals surface area contributed by atoms with Crippen molar-refractivity contribution in [2.24, 2.45) is 0 Å². The molecule has 1 aliphatic carbocycles. The van der Waals surface area contributed by atoms with E-state index in [4.69, 9.17) is 0 Å². The van der Waals surface area contributed by atoms with Crippen molar-refractivity contribution in [2.45, 2.75) is 24.9 Å². The molecule has 0 aliphatic heterocycles. The number of hydrogen-bond donors (Lipinski definition) is 2. The predicted octanol–water partition coefficient (Wildman–Crippen LogP) is 4.24. The molecule has 2 unspecified atom stereocenters. The highest BCUT2D eigenvalue weighted by atomic mass is 35.5. The van der Waals surface area contributed by atoms with Crippen LogP contribution in [0, 0.1) is 0 Å². The molecule has 1 aliphatic rings. The van der Waals surface area contributed by atoms with E-state index in [1.165, 1.54) is 28.5 Å². The summed E-state index contributed by atoms with van der Waals surface area (Å²) < 4.78 is 0. The van der Waals surface area contributed by atoms with Gasteiger partial charge in [-0.25, -0.2) is 0 Å². The Morgan fingerprint density at radius 3 is 2.76 bits per heavy atom. The lowest BCUT2D eigenvalue weighted by atomic mass is 10.1. The van der Waals surface area contributed by atoms with E-state index in [0.29, 0.717) is 12.0 Å². The van der Waals surface area contributed by atoms with Crippen molar-refractivity contribution >= 4 is 23.3 Å². The van der Waals surface area contributed by atoms with E-state index in [2.05, 4.69) is 64.9 Å². The van der Waals surface area contributed by atoms with Crippen LogP contribution in [0.5, 0.6) is 0 Å². The second kappa shape index (κ2) is 5.92. The van der Waals surface area contributed by atoms with Gasteiger partial charge in [0.1, 0.15) is 0 Å². The molecule has 2 atom stereocenters. The van der Waals surface area contributed by atoms with Crippen LogP contribution >= 0.6 is 12.4 Å². The van der Waals surface area contributed by atoms with E-state index in [1.54, 1.807) is 0 Å². The first-order valence-corrected chi connectivity index (χ1v) is 7.24. The number of H-pyrrole nitrogens is 1. The van der Waals surface area contributed by atoms with Gasteiger partial charge >= 0.3 is 0 Å². The van der Waals surface area contributed by atoms with Gasteiger partial charge in [0.2, 0.25) is 0 Å². The quantitative estimate of drug-likeness (QED) is 0.741. The van der Waals surface area contributed by atoms with E-state index in [-0.39, 0.29) is 12.4 Å². The van der Waals surface area contributed by atoms with Gasteiger partial charge in [0, 0.05) is 30.2 Å². The van der Waals surface area contributed by atoms with E-state index in [1.807, 2.05) is 6.20 Å². The van der Waals surface area contributed by atoms with Crippen LogP contribution in [0.15, 0.2) is 60.8 Å². The van der Waals surface area contributed by atoms with E-state index < -0.39 is 0 Å². The molecule has 0 amide bonds. The SMILES string of the molecule is Cl.c1ccc(C2CC2NCc2ccc3[nH]ccc3c2)cc1. The summed E-state index contributed by atoms with van der Waals surface area (Å²) >= 11 is 0. The maximum Gasteiger partial charge on any atom is 0.0454 e. The largest absolute Gasteiger partial charge is 0.361 e. The smallest absolute Gasteiger partial charge is 0.0454 e. The Balaban J connectivity index is 0.00000132. The number of rotatable bonds is 4. The van der Waals surface area contributed by atoms with Crippen molar-refractivity contribution in [3.05, 3.63) is 71.9 Å². The number of aromatic nitrogens is 1. The van der Waals surface area contributed by atoms with Crippen molar-refractivity contribution in [3.63, 3.8) is 0 Å². The molecule has 1 aromatic heterocycles. The Morgan fingerprint density at radius 2 is 1.90 bits per heavy atom. The van der Waals surface area contributed by atoms with Crippen molar-refractivity contribution in [1.82, 2.24) is 10.3 Å². The van der Waals surface area contributed by atoms with Crippen molar-refractivity contribution in [3.8, 4) is 0 Å².